The molecule has 0 N–H and O–H groups in total. The second-order valence-electron chi connectivity index (χ2n) is 6.71. The predicted octanol–water partition coefficient (Wildman–Crippen LogP) is 6.43. The summed E-state index contributed by atoms with van der Waals surface area (Å²) in [7, 11) is 0. The van der Waals surface area contributed by atoms with Gasteiger partial charge in [-0.1, -0.05) is 101 Å². The average molecular weight is 496 g/mol. The minimum atomic E-state index is -0.0807. The molecule has 0 radical (unpaired) electrons. The molecule has 1 saturated heterocycles. The van der Waals surface area contributed by atoms with Gasteiger partial charge >= 0.3 is 0 Å². The summed E-state index contributed by atoms with van der Waals surface area (Å²) in [6, 6.07) is 25.6. The first-order chi connectivity index (χ1) is 14.6. The third-order valence-corrected chi connectivity index (χ3v) is 6.42. The molecule has 1 fully saturated rings. The Morgan fingerprint density at radius 2 is 1.63 bits per heavy atom. The highest BCUT2D eigenvalue weighted by molar-refractivity contribution is 9.10. The van der Waals surface area contributed by atoms with Crippen LogP contribution < -0.4 is 4.74 Å². The van der Waals surface area contributed by atoms with Gasteiger partial charge in [-0.25, -0.2) is 0 Å². The van der Waals surface area contributed by atoms with Crippen molar-refractivity contribution in [3.63, 3.8) is 0 Å². The van der Waals surface area contributed by atoms with E-state index in [0.29, 0.717) is 22.4 Å². The van der Waals surface area contributed by atoms with E-state index in [0.717, 1.165) is 26.9 Å². The van der Waals surface area contributed by atoms with Gasteiger partial charge < -0.3 is 4.74 Å². The van der Waals surface area contributed by atoms with Crippen molar-refractivity contribution in [1.82, 2.24) is 4.90 Å². The van der Waals surface area contributed by atoms with Crippen LogP contribution in [0.2, 0.25) is 0 Å². The van der Waals surface area contributed by atoms with E-state index in [1.165, 1.54) is 11.8 Å². The quantitative estimate of drug-likeness (QED) is 0.291. The van der Waals surface area contributed by atoms with E-state index in [1.54, 1.807) is 4.90 Å². The number of carbonyl (C=O) groups excluding carboxylic acids is 1. The molecule has 6 heteroatoms. The van der Waals surface area contributed by atoms with Gasteiger partial charge in [0.1, 0.15) is 16.7 Å². The van der Waals surface area contributed by atoms with Crippen molar-refractivity contribution < 1.29 is 9.53 Å². The second kappa shape index (κ2) is 9.60. The number of nitrogens with zero attached hydrogens (tertiary/aromatic N) is 1. The molecule has 0 atom stereocenters. The van der Waals surface area contributed by atoms with Crippen LogP contribution in [-0.4, -0.2) is 15.1 Å². The van der Waals surface area contributed by atoms with Crippen LogP contribution in [0.25, 0.3) is 6.08 Å². The maximum absolute atomic E-state index is 13.0. The number of thiocarbonyl (C=S) groups is 1. The minimum Gasteiger partial charge on any atom is -0.488 e. The molecule has 0 saturated carbocycles. The molecule has 3 aromatic rings. The topological polar surface area (TPSA) is 29.5 Å². The van der Waals surface area contributed by atoms with E-state index in [4.69, 9.17) is 17.0 Å². The van der Waals surface area contributed by atoms with Crippen molar-refractivity contribution >= 4 is 56.2 Å². The van der Waals surface area contributed by atoms with Crippen molar-refractivity contribution in [2.75, 3.05) is 0 Å². The number of halogens is 1. The van der Waals surface area contributed by atoms with Gasteiger partial charge in [0.2, 0.25) is 0 Å². The molecule has 1 aliphatic rings. The van der Waals surface area contributed by atoms with Crippen LogP contribution in [-0.2, 0) is 17.9 Å². The van der Waals surface area contributed by atoms with Gasteiger partial charge in [0, 0.05) is 10.0 Å². The third kappa shape index (κ3) is 5.01. The number of hydrogen-bond acceptors (Lipinski definition) is 4. The fourth-order valence-electron chi connectivity index (χ4n) is 3.04. The molecule has 0 aliphatic carbocycles. The molecule has 1 heterocycles. The lowest BCUT2D eigenvalue weighted by Crippen LogP contribution is -2.27. The molecule has 0 bridgehead atoms. The Balaban J connectivity index is 1.55. The van der Waals surface area contributed by atoms with Crippen LogP contribution in [0.5, 0.6) is 5.75 Å². The van der Waals surface area contributed by atoms with E-state index in [2.05, 4.69) is 15.9 Å². The van der Waals surface area contributed by atoms with Crippen LogP contribution in [0, 0.1) is 0 Å². The number of ether oxygens (including phenoxy) is 1. The van der Waals surface area contributed by atoms with Crippen LogP contribution in [0.4, 0.5) is 0 Å². The maximum atomic E-state index is 13.0. The Labute approximate surface area is 193 Å². The molecule has 3 nitrogen and oxygen atoms in total. The SMILES string of the molecule is O=C1/C(=C/c2cc(Br)ccc2OCc2ccccc2)SC(=S)N1Cc1ccccc1. The Morgan fingerprint density at radius 3 is 2.33 bits per heavy atom. The number of rotatable bonds is 6. The molecule has 30 heavy (non-hydrogen) atoms. The highest BCUT2D eigenvalue weighted by Crippen LogP contribution is 2.36. The van der Waals surface area contributed by atoms with E-state index in [-0.39, 0.29) is 5.91 Å². The number of thioether (sulfide) groups is 1. The molecule has 3 aromatic carbocycles. The lowest BCUT2D eigenvalue weighted by molar-refractivity contribution is -0.122. The monoisotopic (exact) mass is 495 g/mol. The normalized spacial score (nSPS) is 15.1. The molecule has 150 valence electrons. The van der Waals surface area contributed by atoms with E-state index < -0.39 is 0 Å². The summed E-state index contributed by atoms with van der Waals surface area (Å²) in [6.45, 7) is 0.928. The molecule has 0 spiro atoms. The standard InChI is InChI=1S/C24H18BrNO2S2/c25-20-11-12-21(28-16-18-9-5-2-6-10-18)19(13-20)14-22-23(27)26(24(29)30-22)15-17-7-3-1-4-8-17/h1-14H,15-16H2/b22-14-. The summed E-state index contributed by atoms with van der Waals surface area (Å²) in [4.78, 5) is 15.2. The highest BCUT2D eigenvalue weighted by Gasteiger charge is 2.32. The zero-order valence-electron chi connectivity index (χ0n) is 16.0. The van der Waals surface area contributed by atoms with Crippen LogP contribution >= 0.6 is 39.9 Å². The second-order valence-corrected chi connectivity index (χ2v) is 9.30. The Bertz CT molecular complexity index is 1100. The summed E-state index contributed by atoms with van der Waals surface area (Å²) in [6.07, 6.45) is 1.86. The average Bonchev–Trinajstić information content (AvgIpc) is 3.02. The van der Waals surface area contributed by atoms with Gasteiger partial charge in [-0.2, -0.15) is 0 Å². The fourth-order valence-corrected chi connectivity index (χ4v) is 4.67. The van der Waals surface area contributed by atoms with Crippen molar-refractivity contribution in [2.24, 2.45) is 0 Å². The van der Waals surface area contributed by atoms with E-state index in [9.17, 15) is 4.79 Å². The van der Waals surface area contributed by atoms with Gasteiger partial charge in [0.05, 0.1) is 11.4 Å². The zero-order valence-corrected chi connectivity index (χ0v) is 19.2. The highest BCUT2D eigenvalue weighted by atomic mass is 79.9. The van der Waals surface area contributed by atoms with Crippen molar-refractivity contribution in [1.29, 1.82) is 0 Å². The first-order valence-electron chi connectivity index (χ1n) is 9.36. The third-order valence-electron chi connectivity index (χ3n) is 4.55. The van der Waals surface area contributed by atoms with Gasteiger partial charge in [-0.15, -0.1) is 0 Å². The van der Waals surface area contributed by atoms with Crippen molar-refractivity contribution in [3.8, 4) is 5.75 Å². The predicted molar refractivity (Wildman–Crippen MR) is 130 cm³/mol. The summed E-state index contributed by atoms with van der Waals surface area (Å²) in [5.41, 5.74) is 2.96. The maximum Gasteiger partial charge on any atom is 0.266 e. The summed E-state index contributed by atoms with van der Waals surface area (Å²) >= 11 is 10.3. The summed E-state index contributed by atoms with van der Waals surface area (Å²) in [5, 5.41) is 0. The Morgan fingerprint density at radius 1 is 0.967 bits per heavy atom. The van der Waals surface area contributed by atoms with Gasteiger partial charge in [-0.3, -0.25) is 9.69 Å². The smallest absolute Gasteiger partial charge is 0.266 e. The number of hydrogen-bond donors (Lipinski definition) is 0. The van der Waals surface area contributed by atoms with Gasteiger partial charge in [0.15, 0.2) is 0 Å². The molecular weight excluding hydrogens is 478 g/mol. The summed E-state index contributed by atoms with van der Waals surface area (Å²) < 4.78 is 7.52. The molecule has 1 aliphatic heterocycles. The Kier molecular flexibility index (Phi) is 6.67. The lowest BCUT2D eigenvalue weighted by Gasteiger charge is -2.14. The van der Waals surface area contributed by atoms with Crippen LogP contribution in [0.15, 0.2) is 88.2 Å². The number of carbonyl (C=O) groups is 1. The molecule has 4 rings (SSSR count). The van der Waals surface area contributed by atoms with Gasteiger partial charge in [0.25, 0.3) is 5.91 Å². The van der Waals surface area contributed by atoms with Crippen LogP contribution in [0.3, 0.4) is 0 Å². The Hall–Kier alpha value is -2.41. The minimum absolute atomic E-state index is 0.0807. The fraction of sp³-hybridized carbons (Fsp3) is 0.0833. The first kappa shape index (κ1) is 20.8. The van der Waals surface area contributed by atoms with Crippen molar-refractivity contribution in [3.05, 3.63) is 105 Å². The largest absolute Gasteiger partial charge is 0.488 e. The first-order valence-corrected chi connectivity index (χ1v) is 11.4. The molecule has 1 amide bonds. The molecule has 0 unspecified atom stereocenters. The number of amides is 1. The summed E-state index contributed by atoms with van der Waals surface area (Å²) in [5.74, 6) is 0.637. The molecular formula is C24H18BrNO2S2. The number of benzene rings is 3. The lowest BCUT2D eigenvalue weighted by atomic mass is 10.1. The van der Waals surface area contributed by atoms with Gasteiger partial charge in [-0.05, 0) is 35.4 Å². The zero-order chi connectivity index (χ0) is 20.9. The van der Waals surface area contributed by atoms with Crippen molar-refractivity contribution in [2.45, 2.75) is 13.2 Å². The van der Waals surface area contributed by atoms with E-state index >= 15 is 0 Å². The molecule has 0 aromatic heterocycles. The van der Waals surface area contributed by atoms with E-state index in [1.807, 2.05) is 84.9 Å². The van der Waals surface area contributed by atoms with Crippen LogP contribution in [0.1, 0.15) is 16.7 Å².